The Balaban J connectivity index is 1.99. The smallest absolute Gasteiger partial charge is 0.300 e. The molecule has 1 aliphatic heterocycles. The number of aromatic hydroxyl groups is 1. The average molecular weight is 454 g/mol. The van der Waals surface area contributed by atoms with Crippen LogP contribution in [0.2, 0.25) is 5.02 Å². The Kier molecular flexibility index (Phi) is 5.59. The summed E-state index contributed by atoms with van der Waals surface area (Å²) >= 11 is 6.25. The Hall–Kier alpha value is -3.84. The van der Waals surface area contributed by atoms with Crippen LogP contribution in [-0.2, 0) is 9.59 Å². The zero-order valence-corrected chi connectivity index (χ0v) is 17.5. The van der Waals surface area contributed by atoms with Crippen LogP contribution in [0, 0.1) is 5.82 Å². The molecule has 1 amide bonds. The SMILES string of the molecule is COc1ccc(Cl)c(/C(O)=C2\C(=O)C(=O)N(c3ccccc3O)C2c2ccc(F)cc2)c1. The van der Waals surface area contributed by atoms with Crippen LogP contribution in [0.15, 0.2) is 72.3 Å². The molecule has 0 saturated carbocycles. The van der Waals surface area contributed by atoms with Crippen molar-refractivity contribution in [1.29, 1.82) is 0 Å². The van der Waals surface area contributed by atoms with E-state index >= 15 is 0 Å². The van der Waals surface area contributed by atoms with Crippen molar-refractivity contribution >= 4 is 34.7 Å². The lowest BCUT2D eigenvalue weighted by molar-refractivity contribution is -0.132. The minimum absolute atomic E-state index is 0.0692. The molecule has 6 nitrogen and oxygen atoms in total. The largest absolute Gasteiger partial charge is 0.507 e. The van der Waals surface area contributed by atoms with Gasteiger partial charge in [0.25, 0.3) is 11.7 Å². The number of benzene rings is 3. The van der Waals surface area contributed by atoms with Gasteiger partial charge in [0.15, 0.2) is 0 Å². The van der Waals surface area contributed by atoms with Crippen molar-refractivity contribution in [1.82, 2.24) is 0 Å². The number of anilines is 1. The van der Waals surface area contributed by atoms with Crippen molar-refractivity contribution in [2.24, 2.45) is 0 Å². The van der Waals surface area contributed by atoms with E-state index in [2.05, 4.69) is 0 Å². The molecule has 0 aliphatic carbocycles. The second kappa shape index (κ2) is 8.36. The number of ketones is 1. The summed E-state index contributed by atoms with van der Waals surface area (Å²) in [5, 5.41) is 21.6. The lowest BCUT2D eigenvalue weighted by atomic mass is 9.95. The number of aliphatic hydroxyl groups is 1. The highest BCUT2D eigenvalue weighted by atomic mass is 35.5. The molecule has 1 atom stereocenters. The third-order valence-electron chi connectivity index (χ3n) is 5.20. The molecule has 1 unspecified atom stereocenters. The number of nitrogens with zero attached hydrogens (tertiary/aromatic N) is 1. The molecule has 32 heavy (non-hydrogen) atoms. The predicted octanol–water partition coefficient (Wildman–Crippen LogP) is 4.82. The minimum atomic E-state index is -1.13. The fourth-order valence-electron chi connectivity index (χ4n) is 3.67. The second-order valence-electron chi connectivity index (χ2n) is 7.06. The Labute approximate surface area is 187 Å². The van der Waals surface area contributed by atoms with Crippen molar-refractivity contribution < 1.29 is 28.9 Å². The van der Waals surface area contributed by atoms with E-state index in [1.54, 1.807) is 18.2 Å². The molecule has 0 bridgehead atoms. The number of carbonyl (C=O) groups excluding carboxylic acids is 2. The van der Waals surface area contributed by atoms with Crippen LogP contribution >= 0.6 is 11.6 Å². The molecule has 0 radical (unpaired) electrons. The number of Topliss-reactive ketones (excluding diaryl/α,β-unsaturated/α-hetero) is 1. The first kappa shape index (κ1) is 21.4. The van der Waals surface area contributed by atoms with Gasteiger partial charge in [-0.15, -0.1) is 0 Å². The Morgan fingerprint density at radius 3 is 2.41 bits per heavy atom. The highest BCUT2D eigenvalue weighted by Gasteiger charge is 2.47. The number of phenols is 1. The number of methoxy groups -OCH3 is 1. The van der Waals surface area contributed by atoms with Crippen LogP contribution in [0.4, 0.5) is 10.1 Å². The predicted molar refractivity (Wildman–Crippen MR) is 117 cm³/mol. The molecule has 1 heterocycles. The van der Waals surface area contributed by atoms with Crippen LogP contribution < -0.4 is 9.64 Å². The highest BCUT2D eigenvalue weighted by Crippen LogP contribution is 2.45. The monoisotopic (exact) mass is 453 g/mol. The van der Waals surface area contributed by atoms with E-state index in [9.17, 15) is 24.2 Å². The van der Waals surface area contributed by atoms with E-state index < -0.39 is 29.3 Å². The van der Waals surface area contributed by atoms with Gasteiger partial charge in [-0.3, -0.25) is 14.5 Å². The maximum absolute atomic E-state index is 13.6. The van der Waals surface area contributed by atoms with Gasteiger partial charge < -0.3 is 14.9 Å². The summed E-state index contributed by atoms with van der Waals surface area (Å²) in [7, 11) is 1.43. The van der Waals surface area contributed by atoms with Crippen molar-refractivity contribution in [3.8, 4) is 11.5 Å². The van der Waals surface area contributed by atoms with E-state index in [1.807, 2.05) is 0 Å². The van der Waals surface area contributed by atoms with Crippen LogP contribution in [0.25, 0.3) is 5.76 Å². The van der Waals surface area contributed by atoms with Gasteiger partial charge in [-0.05, 0) is 48.0 Å². The summed E-state index contributed by atoms with van der Waals surface area (Å²) < 4.78 is 18.8. The number of para-hydroxylation sites is 2. The molecule has 8 heteroatoms. The fourth-order valence-corrected chi connectivity index (χ4v) is 3.87. The van der Waals surface area contributed by atoms with Gasteiger partial charge in [0.1, 0.15) is 23.1 Å². The summed E-state index contributed by atoms with van der Waals surface area (Å²) in [5.74, 6) is -2.81. The first-order chi connectivity index (χ1) is 15.3. The Morgan fingerprint density at radius 2 is 1.75 bits per heavy atom. The first-order valence-corrected chi connectivity index (χ1v) is 9.89. The number of hydrogen-bond donors (Lipinski definition) is 2. The molecule has 3 aromatic carbocycles. The maximum atomic E-state index is 13.6. The van der Waals surface area contributed by atoms with Crippen LogP contribution in [0.3, 0.4) is 0 Å². The third-order valence-corrected chi connectivity index (χ3v) is 5.53. The lowest BCUT2D eigenvalue weighted by Gasteiger charge is -2.26. The zero-order chi connectivity index (χ0) is 23.0. The molecule has 4 rings (SSSR count). The number of aliphatic hydroxyl groups excluding tert-OH is 1. The summed E-state index contributed by atoms with van der Waals surface area (Å²) in [5.41, 5.74) is 0.266. The molecular weight excluding hydrogens is 437 g/mol. The molecule has 1 saturated heterocycles. The van der Waals surface area contributed by atoms with E-state index in [4.69, 9.17) is 16.3 Å². The highest BCUT2D eigenvalue weighted by molar-refractivity contribution is 6.52. The summed E-state index contributed by atoms with van der Waals surface area (Å²) in [6, 6.07) is 14.5. The van der Waals surface area contributed by atoms with Gasteiger partial charge in [-0.25, -0.2) is 4.39 Å². The average Bonchev–Trinajstić information content (AvgIpc) is 3.05. The lowest BCUT2D eigenvalue weighted by Crippen LogP contribution is -2.29. The summed E-state index contributed by atoms with van der Waals surface area (Å²) in [6.07, 6.45) is 0. The number of phenolic OH excluding ortho intramolecular Hbond substituents is 1. The molecule has 0 spiro atoms. The molecule has 2 N–H and O–H groups in total. The normalized spacial score (nSPS) is 17.6. The molecule has 1 aliphatic rings. The van der Waals surface area contributed by atoms with E-state index in [0.29, 0.717) is 11.3 Å². The number of ether oxygens (including phenoxy) is 1. The third kappa shape index (κ3) is 3.56. The number of rotatable bonds is 4. The number of amides is 1. The van der Waals surface area contributed by atoms with Crippen LogP contribution in [0.1, 0.15) is 17.2 Å². The number of hydrogen-bond acceptors (Lipinski definition) is 5. The van der Waals surface area contributed by atoms with Gasteiger partial charge in [0.2, 0.25) is 0 Å². The van der Waals surface area contributed by atoms with E-state index in [0.717, 1.165) is 4.90 Å². The van der Waals surface area contributed by atoms with Crippen molar-refractivity contribution in [2.75, 3.05) is 12.0 Å². The van der Waals surface area contributed by atoms with Gasteiger partial charge in [-0.2, -0.15) is 0 Å². The summed E-state index contributed by atoms with van der Waals surface area (Å²) in [6.45, 7) is 0. The minimum Gasteiger partial charge on any atom is -0.507 e. The van der Waals surface area contributed by atoms with Crippen molar-refractivity contribution in [2.45, 2.75) is 6.04 Å². The fraction of sp³-hybridized carbons (Fsp3) is 0.0833. The van der Waals surface area contributed by atoms with Crippen molar-refractivity contribution in [3.63, 3.8) is 0 Å². The topological polar surface area (TPSA) is 87.1 Å². The van der Waals surface area contributed by atoms with Gasteiger partial charge >= 0.3 is 0 Å². The zero-order valence-electron chi connectivity index (χ0n) is 16.8. The molecule has 3 aromatic rings. The van der Waals surface area contributed by atoms with E-state index in [-0.39, 0.29) is 27.6 Å². The van der Waals surface area contributed by atoms with Gasteiger partial charge in [0, 0.05) is 5.56 Å². The van der Waals surface area contributed by atoms with Crippen LogP contribution in [0.5, 0.6) is 11.5 Å². The Morgan fingerprint density at radius 1 is 1.06 bits per heavy atom. The molecule has 162 valence electrons. The summed E-state index contributed by atoms with van der Waals surface area (Å²) in [4.78, 5) is 27.2. The standard InChI is InChI=1S/C24H17ClFNO5/c1-32-15-10-11-17(25)16(12-15)22(29)20-21(13-6-8-14(26)9-7-13)27(24(31)23(20)30)18-4-2-3-5-19(18)28/h2-12,21,28-29H,1H3/b22-20+. The van der Waals surface area contributed by atoms with E-state index in [1.165, 1.54) is 55.6 Å². The van der Waals surface area contributed by atoms with Gasteiger partial charge in [-0.1, -0.05) is 35.9 Å². The number of carbonyl (C=O) groups is 2. The first-order valence-electron chi connectivity index (χ1n) is 9.52. The quantitative estimate of drug-likeness (QED) is 0.336. The molecule has 0 aromatic heterocycles. The maximum Gasteiger partial charge on any atom is 0.300 e. The second-order valence-corrected chi connectivity index (χ2v) is 7.46. The number of halogens is 2. The van der Waals surface area contributed by atoms with Crippen molar-refractivity contribution in [3.05, 3.63) is 94.3 Å². The molecular formula is C24H17ClFNO5. The molecule has 1 fully saturated rings. The Bertz CT molecular complexity index is 1260. The van der Waals surface area contributed by atoms with Crippen LogP contribution in [-0.4, -0.2) is 29.0 Å². The van der Waals surface area contributed by atoms with Gasteiger partial charge in [0.05, 0.1) is 29.4 Å².